The van der Waals surface area contributed by atoms with E-state index in [4.69, 9.17) is 5.73 Å². The molecular weight excluding hydrogens is 305 g/mol. The van der Waals surface area contributed by atoms with Crippen LogP contribution in [0.3, 0.4) is 0 Å². The Labute approximate surface area is 132 Å². The first-order valence-corrected chi connectivity index (χ1v) is 6.99. The van der Waals surface area contributed by atoms with Gasteiger partial charge in [0.05, 0.1) is 5.56 Å². The lowest BCUT2D eigenvalue weighted by Gasteiger charge is -2.19. The zero-order valence-corrected chi connectivity index (χ0v) is 12.8. The van der Waals surface area contributed by atoms with E-state index < -0.39 is 11.7 Å². The van der Waals surface area contributed by atoms with Crippen LogP contribution in [0.4, 0.5) is 18.9 Å². The second-order valence-corrected chi connectivity index (χ2v) is 5.25. The van der Waals surface area contributed by atoms with Crippen molar-refractivity contribution in [2.45, 2.75) is 19.6 Å². The van der Waals surface area contributed by atoms with Crippen molar-refractivity contribution in [3.8, 4) is 0 Å². The third-order valence-corrected chi connectivity index (χ3v) is 3.70. The number of carbonyl (C=O) groups excluding carboxylic acids is 1. The highest BCUT2D eigenvalue weighted by molar-refractivity contribution is 6.05. The number of carbonyl (C=O) groups is 1. The van der Waals surface area contributed by atoms with E-state index in [1.165, 1.54) is 24.1 Å². The highest BCUT2D eigenvalue weighted by Gasteiger charge is 2.30. The lowest BCUT2D eigenvalue weighted by atomic mass is 10.0. The maximum Gasteiger partial charge on any atom is 0.416 e. The number of hydrogen-bond acceptors (Lipinski definition) is 2. The summed E-state index contributed by atoms with van der Waals surface area (Å²) in [6.45, 7) is 2.24. The zero-order chi connectivity index (χ0) is 17.2. The van der Waals surface area contributed by atoms with Crippen LogP contribution in [-0.2, 0) is 12.7 Å². The summed E-state index contributed by atoms with van der Waals surface area (Å²) < 4.78 is 37.7. The van der Waals surface area contributed by atoms with E-state index in [1.54, 1.807) is 18.2 Å². The average molecular weight is 322 g/mol. The first-order valence-electron chi connectivity index (χ1n) is 6.99. The first-order chi connectivity index (χ1) is 10.7. The molecule has 2 aromatic carbocycles. The normalized spacial score (nSPS) is 11.4. The van der Waals surface area contributed by atoms with Crippen molar-refractivity contribution in [3.05, 3.63) is 64.7 Å². The fraction of sp³-hybridized carbons (Fsp3) is 0.235. The Morgan fingerprint density at radius 2 is 1.74 bits per heavy atom. The first kappa shape index (κ1) is 17.0. The Kier molecular flexibility index (Phi) is 4.75. The summed E-state index contributed by atoms with van der Waals surface area (Å²) in [7, 11) is 1.52. The van der Waals surface area contributed by atoms with Crippen LogP contribution in [0.2, 0.25) is 0 Å². The molecule has 23 heavy (non-hydrogen) atoms. The number of alkyl halides is 3. The molecule has 0 heterocycles. The van der Waals surface area contributed by atoms with Crippen LogP contribution in [0.5, 0.6) is 0 Å². The van der Waals surface area contributed by atoms with Gasteiger partial charge in [-0.25, -0.2) is 0 Å². The minimum atomic E-state index is -4.39. The van der Waals surface area contributed by atoms with Crippen LogP contribution < -0.4 is 10.6 Å². The lowest BCUT2D eigenvalue weighted by molar-refractivity contribution is -0.137. The van der Waals surface area contributed by atoms with E-state index >= 15 is 0 Å². The van der Waals surface area contributed by atoms with Gasteiger partial charge in [0.1, 0.15) is 0 Å². The maximum absolute atomic E-state index is 12.6. The summed E-state index contributed by atoms with van der Waals surface area (Å²) in [4.78, 5) is 13.8. The number of aryl methyl sites for hydroxylation is 1. The summed E-state index contributed by atoms with van der Waals surface area (Å²) in [5.41, 5.74) is 7.54. The standard InChI is InChI=1S/C17H17F3N2O/c1-11-9-12(3-4-13(11)10-21)16(23)22(2)15-7-5-14(6-8-15)17(18,19)20/h3-9H,10,21H2,1-2H3. The summed E-state index contributed by atoms with van der Waals surface area (Å²) in [6.07, 6.45) is -4.39. The van der Waals surface area contributed by atoms with Gasteiger partial charge in [-0.2, -0.15) is 13.2 Å². The minimum absolute atomic E-state index is 0.295. The van der Waals surface area contributed by atoms with Gasteiger partial charge in [0.15, 0.2) is 0 Å². The Morgan fingerprint density at radius 1 is 1.13 bits per heavy atom. The Balaban J connectivity index is 2.24. The van der Waals surface area contributed by atoms with Gasteiger partial charge >= 0.3 is 6.18 Å². The maximum atomic E-state index is 12.6. The SMILES string of the molecule is Cc1cc(C(=O)N(C)c2ccc(C(F)(F)F)cc2)ccc1CN. The molecule has 2 N–H and O–H groups in total. The summed E-state index contributed by atoms with van der Waals surface area (Å²) in [5, 5.41) is 0. The monoisotopic (exact) mass is 322 g/mol. The van der Waals surface area contributed by atoms with Gasteiger partial charge in [-0.3, -0.25) is 4.79 Å². The molecule has 0 saturated heterocycles. The van der Waals surface area contributed by atoms with Gasteiger partial charge < -0.3 is 10.6 Å². The van der Waals surface area contributed by atoms with E-state index in [2.05, 4.69) is 0 Å². The average Bonchev–Trinajstić information content (AvgIpc) is 2.52. The van der Waals surface area contributed by atoms with Crippen LogP contribution in [0.15, 0.2) is 42.5 Å². The molecule has 1 amide bonds. The predicted octanol–water partition coefficient (Wildman–Crippen LogP) is 3.75. The van der Waals surface area contributed by atoms with E-state index in [0.29, 0.717) is 17.8 Å². The number of nitrogens with two attached hydrogens (primary N) is 1. The summed E-state index contributed by atoms with van der Waals surface area (Å²) in [5.74, 6) is -0.295. The van der Waals surface area contributed by atoms with E-state index in [0.717, 1.165) is 23.3 Å². The van der Waals surface area contributed by atoms with Crippen LogP contribution in [0.25, 0.3) is 0 Å². The second-order valence-electron chi connectivity index (χ2n) is 5.25. The fourth-order valence-corrected chi connectivity index (χ4v) is 2.24. The van der Waals surface area contributed by atoms with Gasteiger partial charge in [0.2, 0.25) is 0 Å². The number of rotatable bonds is 3. The third kappa shape index (κ3) is 3.71. The van der Waals surface area contributed by atoms with Crippen LogP contribution in [0, 0.1) is 6.92 Å². The molecular formula is C17H17F3N2O. The Hall–Kier alpha value is -2.34. The zero-order valence-electron chi connectivity index (χ0n) is 12.8. The topological polar surface area (TPSA) is 46.3 Å². The third-order valence-electron chi connectivity index (χ3n) is 3.70. The molecule has 2 rings (SSSR count). The van der Waals surface area contributed by atoms with Crippen molar-refractivity contribution < 1.29 is 18.0 Å². The molecule has 0 fully saturated rings. The van der Waals surface area contributed by atoms with Crippen molar-refractivity contribution in [2.24, 2.45) is 5.73 Å². The molecule has 0 unspecified atom stereocenters. The fourth-order valence-electron chi connectivity index (χ4n) is 2.24. The van der Waals surface area contributed by atoms with Crippen molar-refractivity contribution >= 4 is 11.6 Å². The number of halogens is 3. The Bertz CT molecular complexity index is 709. The van der Waals surface area contributed by atoms with Crippen molar-refractivity contribution in [2.75, 3.05) is 11.9 Å². The summed E-state index contributed by atoms with van der Waals surface area (Å²) >= 11 is 0. The lowest BCUT2D eigenvalue weighted by Crippen LogP contribution is -2.26. The highest BCUT2D eigenvalue weighted by Crippen LogP contribution is 2.30. The molecule has 0 saturated carbocycles. The molecule has 2 aromatic rings. The second kappa shape index (κ2) is 6.42. The minimum Gasteiger partial charge on any atom is -0.326 e. The molecule has 0 aromatic heterocycles. The highest BCUT2D eigenvalue weighted by atomic mass is 19.4. The number of amides is 1. The number of hydrogen-bond donors (Lipinski definition) is 1. The van der Waals surface area contributed by atoms with Gasteiger partial charge in [-0.05, 0) is 54.4 Å². The van der Waals surface area contributed by atoms with E-state index in [-0.39, 0.29) is 5.91 Å². The van der Waals surface area contributed by atoms with Crippen LogP contribution in [0.1, 0.15) is 27.0 Å². The molecule has 0 aliphatic rings. The molecule has 0 radical (unpaired) electrons. The molecule has 6 heteroatoms. The van der Waals surface area contributed by atoms with Crippen LogP contribution >= 0.6 is 0 Å². The summed E-state index contributed by atoms with van der Waals surface area (Å²) in [6, 6.07) is 9.65. The van der Waals surface area contributed by atoms with Gasteiger partial charge in [0.25, 0.3) is 5.91 Å². The molecule has 0 spiro atoms. The van der Waals surface area contributed by atoms with Gasteiger partial charge in [0, 0.05) is 24.8 Å². The van der Waals surface area contributed by atoms with Crippen LogP contribution in [-0.4, -0.2) is 13.0 Å². The Morgan fingerprint density at radius 3 is 2.22 bits per heavy atom. The van der Waals surface area contributed by atoms with Crippen molar-refractivity contribution in [1.29, 1.82) is 0 Å². The number of anilines is 1. The molecule has 0 aliphatic heterocycles. The smallest absolute Gasteiger partial charge is 0.326 e. The molecule has 122 valence electrons. The molecule has 3 nitrogen and oxygen atoms in total. The largest absolute Gasteiger partial charge is 0.416 e. The predicted molar refractivity (Wildman–Crippen MR) is 83.2 cm³/mol. The van der Waals surface area contributed by atoms with E-state index in [1.807, 2.05) is 6.92 Å². The molecule has 0 atom stereocenters. The van der Waals surface area contributed by atoms with Gasteiger partial charge in [-0.15, -0.1) is 0 Å². The number of nitrogens with zero attached hydrogens (tertiary/aromatic N) is 1. The van der Waals surface area contributed by atoms with Crippen molar-refractivity contribution in [1.82, 2.24) is 0 Å². The molecule has 0 aliphatic carbocycles. The number of benzene rings is 2. The van der Waals surface area contributed by atoms with Crippen molar-refractivity contribution in [3.63, 3.8) is 0 Å². The van der Waals surface area contributed by atoms with E-state index in [9.17, 15) is 18.0 Å². The van der Waals surface area contributed by atoms with Gasteiger partial charge in [-0.1, -0.05) is 6.07 Å². The molecule has 0 bridgehead atoms. The quantitative estimate of drug-likeness (QED) is 0.935.